The Bertz CT molecular complexity index is 1650. The smallest absolute Gasteiger partial charge is 0.491 e. The lowest BCUT2D eigenvalue weighted by atomic mass is 9.92. The normalized spacial score (nSPS) is 16.6. The van der Waals surface area contributed by atoms with E-state index >= 15 is 0 Å². The van der Waals surface area contributed by atoms with Gasteiger partial charge in [-0.05, 0) is 24.3 Å². The molecular formula is C27H21F3N4O6. The second kappa shape index (κ2) is 9.59. The highest BCUT2D eigenvalue weighted by atomic mass is 19.4. The second-order valence-corrected chi connectivity index (χ2v) is 8.91. The number of halogens is 3. The number of methoxy groups -OCH3 is 1. The van der Waals surface area contributed by atoms with Crippen LogP contribution in [0.4, 0.5) is 23.9 Å². The molecule has 0 bridgehead atoms. The van der Waals surface area contributed by atoms with E-state index in [2.05, 4.69) is 9.97 Å². The molecule has 2 N–H and O–H groups in total. The van der Waals surface area contributed by atoms with Gasteiger partial charge in [-0.3, -0.25) is 14.6 Å². The number of benzene rings is 3. The summed E-state index contributed by atoms with van der Waals surface area (Å²) >= 11 is 0. The van der Waals surface area contributed by atoms with E-state index in [1.54, 1.807) is 30.3 Å². The van der Waals surface area contributed by atoms with Crippen LogP contribution in [0.2, 0.25) is 0 Å². The Balaban J connectivity index is 1.76. The van der Waals surface area contributed by atoms with Crippen molar-refractivity contribution in [2.75, 3.05) is 19.1 Å². The molecule has 206 valence electrons. The number of carboxylic acid groups (broad SMARTS) is 1. The number of para-hydroxylation sites is 1. The molecule has 0 saturated heterocycles. The maximum absolute atomic E-state index is 13.8. The third-order valence-electron chi connectivity index (χ3n) is 6.61. The number of H-pyrrole nitrogens is 1. The Kier molecular flexibility index (Phi) is 6.36. The number of nitrogens with one attached hydrogen (secondary N) is 1. The number of hydrogen-bond donors (Lipinski definition) is 2. The summed E-state index contributed by atoms with van der Waals surface area (Å²) in [6.45, 7) is -0.283. The molecular weight excluding hydrogens is 533 g/mol. The Labute approximate surface area is 224 Å². The molecule has 10 nitrogen and oxygen atoms in total. The third-order valence-corrected chi connectivity index (χ3v) is 6.61. The van der Waals surface area contributed by atoms with E-state index in [1.165, 1.54) is 50.6 Å². The van der Waals surface area contributed by atoms with Crippen LogP contribution >= 0.6 is 0 Å². The highest BCUT2D eigenvalue weighted by molar-refractivity contribution is 6.01. The molecule has 13 heteroatoms. The number of aromatic amines is 1. The van der Waals surface area contributed by atoms with Crippen molar-refractivity contribution in [1.82, 2.24) is 14.9 Å². The standard InChI is InChI=1S/C27H21F3N4O6/c1-33(25(37)38)24-31-19-12-11-16(13-20(19)32-24)26(40-23(36)27(28,29)30)18-9-5-4-8-17(18)22(35)34(26)14-15-7-3-6-10-21(15)39-2/h3-13H,14H2,1-2H3,(H,31,32)(H,37,38). The molecule has 0 saturated carbocycles. The molecule has 40 heavy (non-hydrogen) atoms. The molecule has 1 aliphatic heterocycles. The van der Waals surface area contributed by atoms with Crippen LogP contribution in [0.3, 0.4) is 0 Å². The first-order valence-corrected chi connectivity index (χ1v) is 11.8. The number of carbonyl (C=O) groups excluding carboxylic acids is 2. The maximum atomic E-state index is 13.8. The van der Waals surface area contributed by atoms with Gasteiger partial charge in [-0.25, -0.2) is 14.6 Å². The van der Waals surface area contributed by atoms with Gasteiger partial charge in [-0.15, -0.1) is 0 Å². The average molecular weight is 554 g/mol. The van der Waals surface area contributed by atoms with Crippen LogP contribution in [-0.2, 0) is 21.8 Å². The number of rotatable bonds is 6. The van der Waals surface area contributed by atoms with Crippen molar-refractivity contribution in [2.24, 2.45) is 0 Å². The first-order valence-electron chi connectivity index (χ1n) is 11.8. The van der Waals surface area contributed by atoms with Crippen molar-refractivity contribution in [1.29, 1.82) is 0 Å². The summed E-state index contributed by atoms with van der Waals surface area (Å²) in [6, 6.07) is 16.7. The average Bonchev–Trinajstić information content (AvgIpc) is 3.46. The number of amides is 2. The Hall–Kier alpha value is -5.07. The number of hydrogen-bond acceptors (Lipinski definition) is 6. The summed E-state index contributed by atoms with van der Waals surface area (Å²) in [5.41, 5.74) is -1.33. The number of fused-ring (bicyclic) bond motifs is 2. The van der Waals surface area contributed by atoms with E-state index in [4.69, 9.17) is 9.47 Å². The van der Waals surface area contributed by atoms with E-state index in [-0.39, 0.29) is 34.7 Å². The van der Waals surface area contributed by atoms with Crippen LogP contribution < -0.4 is 9.64 Å². The number of esters is 1. The summed E-state index contributed by atoms with van der Waals surface area (Å²) in [4.78, 5) is 46.6. The zero-order valence-corrected chi connectivity index (χ0v) is 21.0. The third kappa shape index (κ3) is 4.25. The molecule has 0 fully saturated rings. The minimum Gasteiger partial charge on any atom is -0.496 e. The number of imidazole rings is 1. The van der Waals surface area contributed by atoms with Crippen molar-refractivity contribution in [2.45, 2.75) is 18.4 Å². The molecule has 2 amide bonds. The molecule has 2 heterocycles. The minimum atomic E-state index is -5.38. The lowest BCUT2D eigenvalue weighted by Gasteiger charge is -2.39. The molecule has 0 aliphatic carbocycles. The van der Waals surface area contributed by atoms with Crippen molar-refractivity contribution >= 4 is 35.0 Å². The summed E-state index contributed by atoms with van der Waals surface area (Å²) < 4.78 is 51.7. The van der Waals surface area contributed by atoms with E-state index in [1.807, 2.05) is 0 Å². The molecule has 1 unspecified atom stereocenters. The summed E-state index contributed by atoms with van der Waals surface area (Å²) in [5, 5.41) is 9.31. The molecule has 0 radical (unpaired) electrons. The number of aromatic nitrogens is 2. The monoisotopic (exact) mass is 554 g/mol. The summed E-state index contributed by atoms with van der Waals surface area (Å²) in [7, 11) is 2.67. The predicted molar refractivity (Wildman–Crippen MR) is 135 cm³/mol. The highest BCUT2D eigenvalue weighted by Gasteiger charge is 2.57. The van der Waals surface area contributed by atoms with Crippen molar-refractivity contribution < 1.29 is 42.1 Å². The van der Waals surface area contributed by atoms with Gasteiger partial charge in [0.25, 0.3) is 5.91 Å². The van der Waals surface area contributed by atoms with Gasteiger partial charge < -0.3 is 19.6 Å². The van der Waals surface area contributed by atoms with Gasteiger partial charge >= 0.3 is 18.2 Å². The SMILES string of the molecule is COc1ccccc1CN1C(=O)c2ccccc2C1(OC(=O)C(F)(F)F)c1ccc2[nH]c(N(C)C(=O)O)nc2c1. The van der Waals surface area contributed by atoms with E-state index in [9.17, 15) is 32.7 Å². The van der Waals surface area contributed by atoms with Gasteiger partial charge in [-0.2, -0.15) is 13.2 Å². The molecule has 3 aromatic carbocycles. The Morgan fingerprint density at radius 2 is 1.80 bits per heavy atom. The molecule has 1 atom stereocenters. The van der Waals surface area contributed by atoms with Gasteiger partial charge in [0.2, 0.25) is 11.7 Å². The molecule has 4 aromatic rings. The van der Waals surface area contributed by atoms with Gasteiger partial charge in [0, 0.05) is 29.3 Å². The number of alkyl halides is 3. The molecule has 1 aromatic heterocycles. The molecule has 1 aliphatic rings. The zero-order valence-electron chi connectivity index (χ0n) is 21.0. The van der Waals surface area contributed by atoms with Crippen molar-refractivity contribution in [3.63, 3.8) is 0 Å². The van der Waals surface area contributed by atoms with Gasteiger partial charge in [0.05, 0.1) is 24.7 Å². The predicted octanol–water partition coefficient (Wildman–Crippen LogP) is 4.65. The van der Waals surface area contributed by atoms with Crippen LogP contribution in [0.25, 0.3) is 11.0 Å². The first kappa shape index (κ1) is 26.5. The van der Waals surface area contributed by atoms with Gasteiger partial charge in [0.1, 0.15) is 5.75 Å². The number of carbonyl (C=O) groups is 3. The molecule has 5 rings (SSSR count). The van der Waals surface area contributed by atoms with E-state index < -0.39 is 29.9 Å². The fourth-order valence-electron chi connectivity index (χ4n) is 4.71. The van der Waals surface area contributed by atoms with Crippen LogP contribution in [0.15, 0.2) is 66.7 Å². The first-order chi connectivity index (χ1) is 19.0. The topological polar surface area (TPSA) is 125 Å². The van der Waals surface area contributed by atoms with Crippen LogP contribution in [0.5, 0.6) is 5.75 Å². The number of anilines is 1. The summed E-state index contributed by atoms with van der Waals surface area (Å²) in [5.74, 6) is -2.86. The van der Waals surface area contributed by atoms with Gasteiger partial charge in [0.15, 0.2) is 0 Å². The van der Waals surface area contributed by atoms with Crippen molar-refractivity contribution in [3.05, 3.63) is 89.0 Å². The fraction of sp³-hybridized carbons (Fsp3) is 0.185. The van der Waals surface area contributed by atoms with E-state index in [0.717, 1.165) is 9.80 Å². The lowest BCUT2D eigenvalue weighted by Crippen LogP contribution is -2.49. The van der Waals surface area contributed by atoms with Crippen LogP contribution in [0.1, 0.15) is 27.0 Å². The van der Waals surface area contributed by atoms with E-state index in [0.29, 0.717) is 16.8 Å². The summed E-state index contributed by atoms with van der Waals surface area (Å²) in [6.07, 6.45) is -6.68. The number of ether oxygens (including phenoxy) is 2. The van der Waals surface area contributed by atoms with Crippen LogP contribution in [0, 0.1) is 0 Å². The largest absolute Gasteiger partial charge is 0.496 e. The quantitative estimate of drug-likeness (QED) is 0.333. The lowest BCUT2D eigenvalue weighted by molar-refractivity contribution is -0.222. The highest BCUT2D eigenvalue weighted by Crippen LogP contribution is 2.48. The Morgan fingerprint density at radius 1 is 1.10 bits per heavy atom. The zero-order chi connectivity index (χ0) is 28.8. The minimum absolute atomic E-state index is 0.0122. The van der Waals surface area contributed by atoms with Gasteiger partial charge in [-0.1, -0.05) is 42.5 Å². The second-order valence-electron chi connectivity index (χ2n) is 8.91. The maximum Gasteiger partial charge on any atom is 0.491 e. The number of nitrogens with zero attached hydrogens (tertiary/aromatic N) is 3. The van der Waals surface area contributed by atoms with Crippen molar-refractivity contribution in [3.8, 4) is 5.75 Å². The molecule has 0 spiro atoms. The fourth-order valence-corrected chi connectivity index (χ4v) is 4.71. The van der Waals surface area contributed by atoms with Crippen LogP contribution in [-0.4, -0.2) is 58.3 Å². The Morgan fingerprint density at radius 3 is 2.50 bits per heavy atom.